The van der Waals surface area contributed by atoms with Crippen molar-refractivity contribution in [3.8, 4) is 5.75 Å². The molecular formula is C24H17Br2NO2S2. The second-order valence-electron chi connectivity index (χ2n) is 6.94. The summed E-state index contributed by atoms with van der Waals surface area (Å²) in [4.78, 5) is 15.1. The fraction of sp³-hybridized carbons (Fsp3) is 0.0833. The molecule has 0 spiro atoms. The van der Waals surface area contributed by atoms with Gasteiger partial charge in [0.15, 0.2) is 4.32 Å². The van der Waals surface area contributed by atoms with E-state index in [0.29, 0.717) is 15.8 Å². The third-order valence-corrected chi connectivity index (χ3v) is 7.11. The molecule has 0 radical (unpaired) electrons. The van der Waals surface area contributed by atoms with Crippen LogP contribution in [0.3, 0.4) is 0 Å². The molecular weight excluding hydrogens is 558 g/mol. The molecule has 0 bridgehead atoms. The van der Waals surface area contributed by atoms with Gasteiger partial charge >= 0.3 is 0 Å². The zero-order valence-electron chi connectivity index (χ0n) is 16.5. The highest BCUT2D eigenvalue weighted by Crippen LogP contribution is 2.39. The second-order valence-corrected chi connectivity index (χ2v) is 10.3. The molecule has 3 nitrogen and oxygen atoms in total. The van der Waals surface area contributed by atoms with Crippen molar-refractivity contribution in [2.75, 3.05) is 4.90 Å². The standard InChI is InChI=1S/C24H17Br2NO2S2/c1-15-7-9-16(10-8-15)14-29-22-19(25)11-17(12-20(22)26)13-21-23(28)27(24(30)31-21)18-5-3-2-4-6-18/h2-13H,14H2,1H3/b21-13+. The maximum Gasteiger partial charge on any atom is 0.270 e. The minimum Gasteiger partial charge on any atom is -0.487 e. The Balaban J connectivity index is 1.54. The van der Waals surface area contributed by atoms with Crippen LogP contribution in [-0.2, 0) is 11.4 Å². The number of para-hydroxylation sites is 1. The summed E-state index contributed by atoms with van der Waals surface area (Å²) in [6, 6.07) is 21.6. The van der Waals surface area contributed by atoms with Crippen LogP contribution >= 0.6 is 55.8 Å². The van der Waals surface area contributed by atoms with Gasteiger partial charge in [0.05, 0.1) is 19.5 Å². The van der Waals surface area contributed by atoms with Gasteiger partial charge in [0.1, 0.15) is 12.4 Å². The van der Waals surface area contributed by atoms with Crippen molar-refractivity contribution in [1.82, 2.24) is 0 Å². The van der Waals surface area contributed by atoms with Crippen molar-refractivity contribution in [2.24, 2.45) is 0 Å². The molecule has 3 aromatic rings. The molecule has 0 saturated carbocycles. The smallest absolute Gasteiger partial charge is 0.270 e. The van der Waals surface area contributed by atoms with Gasteiger partial charge in [-0.15, -0.1) is 0 Å². The van der Waals surface area contributed by atoms with E-state index in [0.717, 1.165) is 31.5 Å². The quantitative estimate of drug-likeness (QED) is 0.233. The van der Waals surface area contributed by atoms with Gasteiger partial charge in [-0.3, -0.25) is 9.69 Å². The Morgan fingerprint density at radius 3 is 2.32 bits per heavy atom. The van der Waals surface area contributed by atoms with Crippen LogP contribution in [0.15, 0.2) is 80.6 Å². The van der Waals surface area contributed by atoms with Crippen LogP contribution in [0, 0.1) is 6.92 Å². The molecule has 1 saturated heterocycles. The zero-order valence-corrected chi connectivity index (χ0v) is 21.3. The zero-order chi connectivity index (χ0) is 22.0. The Hall–Kier alpha value is -1.93. The van der Waals surface area contributed by atoms with E-state index in [4.69, 9.17) is 17.0 Å². The van der Waals surface area contributed by atoms with Crippen LogP contribution in [0.5, 0.6) is 5.75 Å². The van der Waals surface area contributed by atoms with Crippen LogP contribution in [-0.4, -0.2) is 10.2 Å². The minimum absolute atomic E-state index is 0.117. The first-order chi connectivity index (χ1) is 14.9. The largest absolute Gasteiger partial charge is 0.487 e. The fourth-order valence-corrected chi connectivity index (χ4v) is 5.81. The van der Waals surface area contributed by atoms with Crippen molar-refractivity contribution in [3.05, 3.63) is 97.3 Å². The van der Waals surface area contributed by atoms with Gasteiger partial charge in [-0.05, 0) is 80.3 Å². The lowest BCUT2D eigenvalue weighted by atomic mass is 10.1. The predicted octanol–water partition coefficient (Wildman–Crippen LogP) is 7.50. The molecule has 156 valence electrons. The van der Waals surface area contributed by atoms with Crippen molar-refractivity contribution < 1.29 is 9.53 Å². The summed E-state index contributed by atoms with van der Waals surface area (Å²) in [5, 5.41) is 0. The molecule has 31 heavy (non-hydrogen) atoms. The average molecular weight is 575 g/mol. The number of halogens is 2. The fourth-order valence-electron chi connectivity index (χ4n) is 3.06. The third-order valence-electron chi connectivity index (χ3n) is 4.63. The van der Waals surface area contributed by atoms with E-state index in [9.17, 15) is 4.79 Å². The molecule has 3 aromatic carbocycles. The number of amides is 1. The summed E-state index contributed by atoms with van der Waals surface area (Å²) in [5.74, 6) is 0.600. The van der Waals surface area contributed by atoms with E-state index in [-0.39, 0.29) is 5.91 Å². The summed E-state index contributed by atoms with van der Waals surface area (Å²) < 4.78 is 8.15. The summed E-state index contributed by atoms with van der Waals surface area (Å²) in [7, 11) is 0. The number of nitrogens with zero attached hydrogens (tertiary/aromatic N) is 1. The number of benzene rings is 3. The second kappa shape index (κ2) is 9.69. The summed E-state index contributed by atoms with van der Waals surface area (Å²) >= 11 is 13.9. The van der Waals surface area contributed by atoms with E-state index in [1.165, 1.54) is 17.3 Å². The van der Waals surface area contributed by atoms with Gasteiger partial charge in [-0.2, -0.15) is 0 Å². The number of rotatable bonds is 5. The molecule has 0 atom stereocenters. The SMILES string of the molecule is Cc1ccc(COc2c(Br)cc(/C=C3/SC(=S)N(c4ccccc4)C3=O)cc2Br)cc1. The third kappa shape index (κ3) is 5.12. The molecule has 4 rings (SSSR count). The number of aryl methyl sites for hydroxylation is 1. The van der Waals surface area contributed by atoms with Crippen molar-refractivity contribution in [3.63, 3.8) is 0 Å². The van der Waals surface area contributed by atoms with Crippen LogP contribution in [0.2, 0.25) is 0 Å². The highest BCUT2D eigenvalue weighted by atomic mass is 79.9. The van der Waals surface area contributed by atoms with E-state index in [2.05, 4.69) is 63.0 Å². The first-order valence-corrected chi connectivity index (χ1v) is 12.2. The Morgan fingerprint density at radius 2 is 1.68 bits per heavy atom. The lowest BCUT2D eigenvalue weighted by molar-refractivity contribution is -0.113. The number of thiocarbonyl (C=S) groups is 1. The van der Waals surface area contributed by atoms with Gasteiger partial charge in [0, 0.05) is 0 Å². The van der Waals surface area contributed by atoms with Gasteiger partial charge in [0.25, 0.3) is 5.91 Å². The number of carbonyl (C=O) groups excluding carboxylic acids is 1. The molecule has 0 aliphatic carbocycles. The molecule has 0 aromatic heterocycles. The van der Waals surface area contributed by atoms with Gasteiger partial charge in [-0.25, -0.2) is 0 Å². The van der Waals surface area contributed by atoms with E-state index in [1.54, 1.807) is 4.90 Å². The first-order valence-electron chi connectivity index (χ1n) is 9.43. The molecule has 1 fully saturated rings. The number of anilines is 1. The topological polar surface area (TPSA) is 29.5 Å². The van der Waals surface area contributed by atoms with Crippen LogP contribution in [0.1, 0.15) is 16.7 Å². The number of hydrogen-bond donors (Lipinski definition) is 0. The molecule has 1 aliphatic heterocycles. The number of thioether (sulfide) groups is 1. The summed E-state index contributed by atoms with van der Waals surface area (Å²) in [6.07, 6.45) is 1.85. The lowest BCUT2D eigenvalue weighted by Crippen LogP contribution is -2.27. The summed E-state index contributed by atoms with van der Waals surface area (Å²) in [6.45, 7) is 2.52. The van der Waals surface area contributed by atoms with Crippen molar-refractivity contribution in [2.45, 2.75) is 13.5 Å². The van der Waals surface area contributed by atoms with Gasteiger partial charge in [-0.1, -0.05) is 72.0 Å². The van der Waals surface area contributed by atoms with Crippen LogP contribution in [0.25, 0.3) is 6.08 Å². The first kappa shape index (κ1) is 22.3. The average Bonchev–Trinajstić information content (AvgIpc) is 3.02. The number of hydrogen-bond acceptors (Lipinski definition) is 4. The van der Waals surface area contributed by atoms with Crippen molar-refractivity contribution in [1.29, 1.82) is 0 Å². The van der Waals surface area contributed by atoms with Crippen LogP contribution in [0.4, 0.5) is 5.69 Å². The predicted molar refractivity (Wildman–Crippen MR) is 139 cm³/mol. The lowest BCUT2D eigenvalue weighted by Gasteiger charge is -2.14. The van der Waals surface area contributed by atoms with Crippen molar-refractivity contribution >= 4 is 77.8 Å². The Labute approximate surface area is 207 Å². The van der Waals surface area contributed by atoms with Gasteiger partial charge in [0.2, 0.25) is 0 Å². The highest BCUT2D eigenvalue weighted by Gasteiger charge is 2.33. The van der Waals surface area contributed by atoms with E-state index in [1.807, 2.05) is 48.5 Å². The molecule has 1 amide bonds. The summed E-state index contributed by atoms with van der Waals surface area (Å²) in [5.41, 5.74) is 3.96. The van der Waals surface area contributed by atoms with Gasteiger partial charge < -0.3 is 4.74 Å². The molecule has 1 heterocycles. The monoisotopic (exact) mass is 573 g/mol. The molecule has 0 unspecified atom stereocenters. The maximum absolute atomic E-state index is 12.9. The minimum atomic E-state index is -0.117. The number of ether oxygens (including phenoxy) is 1. The Bertz CT molecular complexity index is 1150. The highest BCUT2D eigenvalue weighted by molar-refractivity contribution is 9.11. The van der Waals surface area contributed by atoms with Crippen LogP contribution < -0.4 is 9.64 Å². The normalized spacial score (nSPS) is 15.1. The number of carbonyl (C=O) groups is 1. The van der Waals surface area contributed by atoms with E-state index < -0.39 is 0 Å². The Morgan fingerprint density at radius 1 is 1.03 bits per heavy atom. The molecule has 0 N–H and O–H groups in total. The molecule has 1 aliphatic rings. The van der Waals surface area contributed by atoms with E-state index >= 15 is 0 Å². The maximum atomic E-state index is 12.9. The molecule has 7 heteroatoms. The Kier molecular flexibility index (Phi) is 6.96.